The monoisotopic (exact) mass is 341 g/mol. The van der Waals surface area contributed by atoms with Crippen LogP contribution in [0, 0.1) is 5.82 Å². The topological polar surface area (TPSA) is 80.3 Å². The van der Waals surface area contributed by atoms with Crippen molar-refractivity contribution in [3.05, 3.63) is 29.6 Å². The molecule has 112 valence electrons. The summed E-state index contributed by atoms with van der Waals surface area (Å²) in [6.45, 7) is 1.64. The smallest absolute Gasteiger partial charge is 0.261 e. The van der Waals surface area contributed by atoms with Crippen LogP contribution >= 0.6 is 10.7 Å². The first kappa shape index (κ1) is 17.1. The molecule has 9 heteroatoms. The summed E-state index contributed by atoms with van der Waals surface area (Å²) in [7, 11) is -0.107. The van der Waals surface area contributed by atoms with E-state index in [1.807, 2.05) is 0 Å². The minimum Gasteiger partial charge on any atom is -0.349 e. The number of benzene rings is 1. The predicted molar refractivity (Wildman–Crippen MR) is 75.3 cm³/mol. The van der Waals surface area contributed by atoms with Gasteiger partial charge in [-0.1, -0.05) is 0 Å². The Bertz CT molecular complexity index is 648. The fourth-order valence-electron chi connectivity index (χ4n) is 1.54. The highest BCUT2D eigenvalue weighted by Crippen LogP contribution is 2.18. The van der Waals surface area contributed by atoms with Crippen LogP contribution in [-0.2, 0) is 19.9 Å². The maximum absolute atomic E-state index is 13.3. The van der Waals surface area contributed by atoms with Crippen LogP contribution in [-0.4, -0.2) is 36.6 Å². The number of carbonyl (C=O) groups excluding carboxylic acids is 1. The third-order valence-electron chi connectivity index (χ3n) is 2.28. The molecule has 1 aromatic rings. The van der Waals surface area contributed by atoms with Crippen LogP contribution in [0.4, 0.5) is 4.39 Å². The molecule has 0 bridgehead atoms. The summed E-state index contributed by atoms with van der Waals surface area (Å²) in [6, 6.07) is 2.21. The van der Waals surface area contributed by atoms with Gasteiger partial charge in [0.15, 0.2) is 0 Å². The van der Waals surface area contributed by atoms with Gasteiger partial charge in [0.1, 0.15) is 5.82 Å². The van der Waals surface area contributed by atoms with Crippen molar-refractivity contribution in [1.29, 1.82) is 0 Å². The zero-order valence-corrected chi connectivity index (χ0v) is 13.1. The van der Waals surface area contributed by atoms with E-state index < -0.39 is 42.5 Å². The Morgan fingerprint density at radius 2 is 2.05 bits per heavy atom. The van der Waals surface area contributed by atoms with Gasteiger partial charge < -0.3 is 5.32 Å². The zero-order valence-electron chi connectivity index (χ0n) is 10.7. The molecular weight excluding hydrogens is 329 g/mol. The quantitative estimate of drug-likeness (QED) is 0.817. The first-order valence-corrected chi connectivity index (χ1v) is 9.49. The van der Waals surface area contributed by atoms with E-state index in [1.165, 1.54) is 6.26 Å². The van der Waals surface area contributed by atoms with E-state index in [0.717, 1.165) is 18.2 Å². The molecule has 1 rings (SSSR count). The highest BCUT2D eigenvalue weighted by atomic mass is 35.7. The van der Waals surface area contributed by atoms with E-state index in [0.29, 0.717) is 0 Å². The van der Waals surface area contributed by atoms with Crippen molar-refractivity contribution >= 4 is 36.4 Å². The van der Waals surface area contributed by atoms with E-state index in [4.69, 9.17) is 10.7 Å². The van der Waals surface area contributed by atoms with Gasteiger partial charge in [-0.15, -0.1) is 0 Å². The lowest BCUT2D eigenvalue weighted by Gasteiger charge is -2.12. The zero-order chi connectivity index (χ0) is 15.5. The molecule has 0 aliphatic rings. The Morgan fingerprint density at radius 1 is 1.45 bits per heavy atom. The molecule has 0 radical (unpaired) electrons. The Balaban J connectivity index is 2.99. The number of hydrogen-bond donors (Lipinski definition) is 1. The molecule has 5 nitrogen and oxygen atoms in total. The minimum atomic E-state index is -4.13. The fraction of sp³-hybridized carbons (Fsp3) is 0.364. The van der Waals surface area contributed by atoms with Gasteiger partial charge in [-0.2, -0.15) is 0 Å². The molecule has 0 aliphatic carbocycles. The summed E-state index contributed by atoms with van der Waals surface area (Å²) in [4.78, 5) is 11.4. The van der Waals surface area contributed by atoms with E-state index in [-0.39, 0.29) is 11.3 Å². The highest BCUT2D eigenvalue weighted by molar-refractivity contribution is 8.13. The van der Waals surface area contributed by atoms with Crippen molar-refractivity contribution < 1.29 is 21.8 Å². The summed E-state index contributed by atoms with van der Waals surface area (Å²) in [6.07, 6.45) is 1.49. The van der Waals surface area contributed by atoms with Crippen molar-refractivity contribution in [1.82, 2.24) is 5.32 Å². The molecule has 0 aromatic heterocycles. The van der Waals surface area contributed by atoms with E-state index in [1.54, 1.807) is 6.92 Å². The van der Waals surface area contributed by atoms with E-state index in [9.17, 15) is 21.8 Å². The lowest BCUT2D eigenvalue weighted by atomic mass is 10.2. The van der Waals surface area contributed by atoms with Crippen molar-refractivity contribution in [3.63, 3.8) is 0 Å². The lowest BCUT2D eigenvalue weighted by molar-refractivity contribution is 0.0943. The number of hydrogen-bond acceptors (Lipinski definition) is 4. The fourth-order valence-corrected chi connectivity index (χ4v) is 3.11. The molecule has 0 aliphatic heterocycles. The second-order valence-corrected chi connectivity index (χ2v) is 8.27. The van der Waals surface area contributed by atoms with Gasteiger partial charge >= 0.3 is 0 Å². The molecule has 0 fully saturated rings. The first-order chi connectivity index (χ1) is 9.09. The molecular formula is C11H13ClFNO4S2. The van der Waals surface area contributed by atoms with Gasteiger partial charge in [0.25, 0.3) is 15.0 Å². The van der Waals surface area contributed by atoms with Gasteiger partial charge in [0, 0.05) is 45.1 Å². The predicted octanol–water partition coefficient (Wildman–Crippen LogP) is 1.25. The van der Waals surface area contributed by atoms with Crippen LogP contribution in [0.2, 0.25) is 0 Å². The van der Waals surface area contributed by atoms with Crippen LogP contribution in [0.15, 0.2) is 23.1 Å². The SMILES string of the molecule is CC(CS(C)=O)NC(=O)c1cc(F)cc(S(=O)(=O)Cl)c1. The number of amides is 1. The normalized spacial score (nSPS) is 14.6. The summed E-state index contributed by atoms with van der Waals surface area (Å²) in [5, 5.41) is 2.50. The van der Waals surface area contributed by atoms with Crippen LogP contribution in [0.3, 0.4) is 0 Å². The summed E-state index contributed by atoms with van der Waals surface area (Å²) in [5.41, 5.74) is -0.169. The highest BCUT2D eigenvalue weighted by Gasteiger charge is 2.17. The molecule has 2 unspecified atom stereocenters. The number of carbonyl (C=O) groups is 1. The average Bonchev–Trinajstić information content (AvgIpc) is 2.25. The second-order valence-electron chi connectivity index (χ2n) is 4.23. The standard InChI is InChI=1S/C11H13ClFNO4S2/c1-7(6-19(2)16)14-11(15)8-3-9(13)5-10(4-8)20(12,17)18/h3-5,7H,6H2,1-2H3,(H,14,15). The molecule has 0 heterocycles. The van der Waals surface area contributed by atoms with Gasteiger partial charge in [-0.3, -0.25) is 9.00 Å². The van der Waals surface area contributed by atoms with Gasteiger partial charge in [-0.05, 0) is 25.1 Å². The average molecular weight is 342 g/mol. The van der Waals surface area contributed by atoms with Crippen molar-refractivity contribution in [2.75, 3.05) is 12.0 Å². The minimum absolute atomic E-state index is 0.169. The second kappa shape index (κ2) is 6.64. The number of rotatable bonds is 5. The molecule has 0 spiro atoms. The summed E-state index contributed by atoms with van der Waals surface area (Å²) >= 11 is 0. The number of nitrogens with one attached hydrogen (secondary N) is 1. The van der Waals surface area contributed by atoms with Crippen LogP contribution in [0.5, 0.6) is 0 Å². The molecule has 0 saturated heterocycles. The Hall–Kier alpha value is -0.990. The van der Waals surface area contributed by atoms with E-state index >= 15 is 0 Å². The van der Waals surface area contributed by atoms with Crippen molar-refractivity contribution in [2.24, 2.45) is 0 Å². The Kier molecular flexibility index (Phi) is 5.67. The van der Waals surface area contributed by atoms with Crippen LogP contribution in [0.25, 0.3) is 0 Å². The first-order valence-electron chi connectivity index (χ1n) is 5.45. The van der Waals surface area contributed by atoms with Gasteiger partial charge in [-0.25, -0.2) is 12.8 Å². The van der Waals surface area contributed by atoms with Crippen LogP contribution in [0.1, 0.15) is 17.3 Å². The maximum Gasteiger partial charge on any atom is 0.261 e. The largest absolute Gasteiger partial charge is 0.349 e. The Morgan fingerprint density at radius 3 is 2.55 bits per heavy atom. The summed E-state index contributed by atoms with van der Waals surface area (Å²) in [5.74, 6) is -1.31. The third kappa shape index (κ3) is 5.18. The third-order valence-corrected chi connectivity index (χ3v) is 4.58. The molecule has 1 aromatic carbocycles. The lowest BCUT2D eigenvalue weighted by Crippen LogP contribution is -2.36. The van der Waals surface area contributed by atoms with Crippen molar-refractivity contribution in [2.45, 2.75) is 17.9 Å². The van der Waals surface area contributed by atoms with E-state index in [2.05, 4.69) is 5.32 Å². The molecule has 1 N–H and O–H groups in total. The molecule has 20 heavy (non-hydrogen) atoms. The van der Waals surface area contributed by atoms with Crippen molar-refractivity contribution in [3.8, 4) is 0 Å². The maximum atomic E-state index is 13.3. The van der Waals surface area contributed by atoms with Crippen LogP contribution < -0.4 is 5.32 Å². The Labute approximate surface area is 123 Å². The molecule has 1 amide bonds. The summed E-state index contributed by atoms with van der Waals surface area (Å²) < 4.78 is 46.6. The van der Waals surface area contributed by atoms with Gasteiger partial charge in [0.2, 0.25) is 0 Å². The molecule has 0 saturated carbocycles. The number of halogens is 2. The molecule has 2 atom stereocenters. The van der Waals surface area contributed by atoms with Gasteiger partial charge in [0.05, 0.1) is 4.90 Å².